The van der Waals surface area contributed by atoms with Gasteiger partial charge in [-0.2, -0.15) is 30.7 Å². The average molecular weight is 296 g/mol. The molecule has 19 heavy (non-hydrogen) atoms. The fourth-order valence-electron chi connectivity index (χ4n) is 0.843. The predicted molar refractivity (Wildman–Crippen MR) is 51.0 cm³/mol. The van der Waals surface area contributed by atoms with Crippen molar-refractivity contribution in [3.63, 3.8) is 0 Å². The van der Waals surface area contributed by atoms with E-state index in [4.69, 9.17) is 0 Å². The Morgan fingerprint density at radius 1 is 1.11 bits per heavy atom. The molecule has 112 valence electrons. The first-order chi connectivity index (χ1) is 8.48. The smallest absolute Gasteiger partial charge is 0.460 e. The van der Waals surface area contributed by atoms with E-state index in [1.54, 1.807) is 6.92 Å². The highest BCUT2D eigenvalue weighted by Crippen LogP contribution is 2.46. The highest BCUT2D eigenvalue weighted by atomic mass is 19.4. The van der Waals surface area contributed by atoms with Crippen LogP contribution in [-0.2, 0) is 9.53 Å². The Balaban J connectivity index is 4.78. The third-order valence-corrected chi connectivity index (χ3v) is 1.99. The summed E-state index contributed by atoms with van der Waals surface area (Å²) in [5.41, 5.74) is 0. The molecule has 0 aliphatic rings. The summed E-state index contributed by atoms with van der Waals surface area (Å²) >= 11 is 0. The molecular weight excluding hydrogens is 285 g/mol. The van der Waals surface area contributed by atoms with Crippen molar-refractivity contribution in [2.24, 2.45) is 0 Å². The summed E-state index contributed by atoms with van der Waals surface area (Å²) in [6.45, 7) is 1.80. The third kappa shape index (κ3) is 4.10. The lowest BCUT2D eigenvalue weighted by atomic mass is 10.1. The molecule has 0 radical (unpaired) electrons. The molecular formula is C10H11F7O2. The van der Waals surface area contributed by atoms with Gasteiger partial charge in [-0.25, -0.2) is 0 Å². The number of halogens is 7. The normalized spacial score (nSPS) is 13.9. The molecule has 0 N–H and O–H groups in total. The number of rotatable bonds is 7. The molecule has 0 fully saturated rings. The molecule has 0 aromatic rings. The van der Waals surface area contributed by atoms with E-state index in [1.165, 1.54) is 0 Å². The molecule has 0 rings (SSSR count). The highest BCUT2D eigenvalue weighted by Gasteiger charge is 2.75. The first kappa shape index (κ1) is 17.7. The van der Waals surface area contributed by atoms with E-state index in [-0.39, 0.29) is 12.7 Å². The highest BCUT2D eigenvalue weighted by molar-refractivity contribution is 5.96. The zero-order valence-electron chi connectivity index (χ0n) is 9.74. The summed E-state index contributed by atoms with van der Waals surface area (Å²) < 4.78 is 90.0. The third-order valence-electron chi connectivity index (χ3n) is 1.99. The summed E-state index contributed by atoms with van der Waals surface area (Å²) in [7, 11) is 0. The van der Waals surface area contributed by atoms with Crippen LogP contribution in [0.25, 0.3) is 0 Å². The number of hydrogen-bond donors (Lipinski definition) is 0. The molecule has 0 aliphatic heterocycles. The number of carbonyl (C=O) groups excluding carboxylic acids is 1. The Kier molecular flexibility index (Phi) is 5.83. The van der Waals surface area contributed by atoms with Gasteiger partial charge in [0.15, 0.2) is 0 Å². The monoisotopic (exact) mass is 296 g/mol. The molecule has 0 aliphatic carbocycles. The number of hydrogen-bond acceptors (Lipinski definition) is 2. The SMILES string of the molecule is CCCCO/C=C/C(=O)C(F)(F)C(F)(F)C(F)(F)F. The van der Waals surface area contributed by atoms with Crippen LogP contribution in [0.5, 0.6) is 0 Å². The summed E-state index contributed by atoms with van der Waals surface area (Å²) in [6, 6.07) is 0. The van der Waals surface area contributed by atoms with Crippen LogP contribution in [0.3, 0.4) is 0 Å². The number of unbranched alkanes of at least 4 members (excludes halogenated alkanes) is 1. The predicted octanol–water partition coefficient (Wildman–Crippen LogP) is 3.72. The molecule has 0 saturated heterocycles. The van der Waals surface area contributed by atoms with Crippen molar-refractivity contribution in [1.82, 2.24) is 0 Å². The van der Waals surface area contributed by atoms with Crippen molar-refractivity contribution >= 4 is 5.78 Å². The standard InChI is InChI=1S/C10H11F7O2/c1-2-3-5-19-6-4-7(18)8(11,12)9(13,14)10(15,16)17/h4,6H,2-3,5H2,1H3/b6-4+. The van der Waals surface area contributed by atoms with Gasteiger partial charge in [0.05, 0.1) is 12.9 Å². The lowest BCUT2D eigenvalue weighted by Gasteiger charge is -2.25. The maximum Gasteiger partial charge on any atom is 0.460 e. The number of ether oxygens (including phenoxy) is 1. The molecule has 9 heteroatoms. The van der Waals surface area contributed by atoms with Gasteiger partial charge in [0, 0.05) is 6.08 Å². The summed E-state index contributed by atoms with van der Waals surface area (Å²) in [6.07, 6.45) is -5.10. The fourth-order valence-corrected chi connectivity index (χ4v) is 0.843. The number of ketones is 1. The van der Waals surface area contributed by atoms with E-state index < -0.39 is 23.8 Å². The molecule has 0 aromatic heterocycles. The lowest BCUT2D eigenvalue weighted by molar-refractivity contribution is -0.342. The van der Waals surface area contributed by atoms with Crippen LogP contribution in [0.2, 0.25) is 0 Å². The van der Waals surface area contributed by atoms with Gasteiger partial charge in [-0.15, -0.1) is 0 Å². The lowest BCUT2D eigenvalue weighted by Crippen LogP contribution is -2.55. The number of carbonyl (C=O) groups is 1. The Morgan fingerprint density at radius 2 is 1.63 bits per heavy atom. The molecule has 0 heterocycles. The van der Waals surface area contributed by atoms with Gasteiger partial charge in [-0.05, 0) is 6.42 Å². The summed E-state index contributed by atoms with van der Waals surface area (Å²) in [5, 5.41) is 0. The summed E-state index contributed by atoms with van der Waals surface area (Å²) in [5.74, 6) is -15.0. The molecule has 0 unspecified atom stereocenters. The molecule has 0 saturated carbocycles. The van der Waals surface area contributed by atoms with Crippen molar-refractivity contribution in [2.75, 3.05) is 6.61 Å². The van der Waals surface area contributed by atoms with Crippen LogP contribution in [0.1, 0.15) is 19.8 Å². The van der Waals surface area contributed by atoms with Gasteiger partial charge in [0.2, 0.25) is 5.78 Å². The van der Waals surface area contributed by atoms with Crippen molar-refractivity contribution in [3.05, 3.63) is 12.3 Å². The quantitative estimate of drug-likeness (QED) is 0.310. The minimum Gasteiger partial charge on any atom is -0.501 e. The maximum atomic E-state index is 12.7. The molecule has 2 nitrogen and oxygen atoms in total. The van der Waals surface area contributed by atoms with E-state index in [9.17, 15) is 35.5 Å². The fraction of sp³-hybridized carbons (Fsp3) is 0.700. The first-order valence-electron chi connectivity index (χ1n) is 5.13. The van der Waals surface area contributed by atoms with Crippen LogP contribution in [0.4, 0.5) is 30.7 Å². The van der Waals surface area contributed by atoms with Crippen molar-refractivity contribution in [3.8, 4) is 0 Å². The molecule has 0 spiro atoms. The van der Waals surface area contributed by atoms with Crippen LogP contribution >= 0.6 is 0 Å². The van der Waals surface area contributed by atoms with Crippen LogP contribution in [0, 0.1) is 0 Å². The average Bonchev–Trinajstić information content (AvgIpc) is 2.26. The van der Waals surface area contributed by atoms with Crippen LogP contribution in [-0.4, -0.2) is 30.4 Å². The molecule has 0 amide bonds. The Morgan fingerprint density at radius 3 is 2.05 bits per heavy atom. The largest absolute Gasteiger partial charge is 0.501 e. The van der Waals surface area contributed by atoms with E-state index in [0.29, 0.717) is 19.1 Å². The van der Waals surface area contributed by atoms with Gasteiger partial charge in [0.1, 0.15) is 0 Å². The zero-order valence-corrected chi connectivity index (χ0v) is 9.74. The van der Waals surface area contributed by atoms with E-state index in [1.807, 2.05) is 0 Å². The van der Waals surface area contributed by atoms with Crippen LogP contribution in [0.15, 0.2) is 12.3 Å². The second-order valence-electron chi connectivity index (χ2n) is 3.54. The van der Waals surface area contributed by atoms with Gasteiger partial charge < -0.3 is 4.74 Å². The minimum atomic E-state index is -6.52. The first-order valence-corrected chi connectivity index (χ1v) is 5.13. The second kappa shape index (κ2) is 6.25. The summed E-state index contributed by atoms with van der Waals surface area (Å²) in [4.78, 5) is 10.7. The van der Waals surface area contributed by atoms with Gasteiger partial charge >= 0.3 is 18.0 Å². The Hall–Kier alpha value is -1.28. The van der Waals surface area contributed by atoms with Crippen LogP contribution < -0.4 is 0 Å². The number of alkyl halides is 7. The molecule has 0 aromatic carbocycles. The van der Waals surface area contributed by atoms with Gasteiger partial charge in [-0.3, -0.25) is 4.79 Å². The Labute approximate surface area is 104 Å². The zero-order chi connectivity index (χ0) is 15.3. The molecule has 0 bridgehead atoms. The van der Waals surface area contributed by atoms with Gasteiger partial charge in [-0.1, -0.05) is 13.3 Å². The Bertz CT molecular complexity index is 333. The minimum absolute atomic E-state index is 0.0293. The van der Waals surface area contributed by atoms with E-state index >= 15 is 0 Å². The van der Waals surface area contributed by atoms with Crippen molar-refractivity contribution < 1.29 is 40.3 Å². The molecule has 0 atom stereocenters. The van der Waals surface area contributed by atoms with E-state index in [0.717, 1.165) is 0 Å². The van der Waals surface area contributed by atoms with Gasteiger partial charge in [0.25, 0.3) is 0 Å². The van der Waals surface area contributed by atoms with E-state index in [2.05, 4.69) is 4.74 Å². The van der Waals surface area contributed by atoms with Crippen molar-refractivity contribution in [1.29, 1.82) is 0 Å². The number of allylic oxidation sites excluding steroid dienone is 1. The topological polar surface area (TPSA) is 26.3 Å². The van der Waals surface area contributed by atoms with Crippen molar-refractivity contribution in [2.45, 2.75) is 37.8 Å². The second-order valence-corrected chi connectivity index (χ2v) is 3.54. The maximum absolute atomic E-state index is 12.7.